The molecule has 1 atom stereocenters. The number of hydrogen-bond acceptors (Lipinski definition) is 5. The molecule has 0 spiro atoms. The van der Waals surface area contributed by atoms with Gasteiger partial charge in [-0.05, 0) is 12.1 Å². The van der Waals surface area contributed by atoms with Crippen LogP contribution in [0.25, 0.3) is 0 Å². The van der Waals surface area contributed by atoms with Crippen LogP contribution in [0.3, 0.4) is 0 Å². The number of rotatable bonds is 3. The first kappa shape index (κ1) is 13.3. The number of nitrogens with zero attached hydrogens (tertiary/aromatic N) is 2. The molecule has 102 valence electrons. The van der Waals surface area contributed by atoms with Crippen molar-refractivity contribution in [1.29, 1.82) is 0 Å². The van der Waals surface area contributed by atoms with Crippen molar-refractivity contribution in [2.75, 3.05) is 31.6 Å². The first-order valence-electron chi connectivity index (χ1n) is 6.08. The number of anilines is 1. The molecular weight excluding hydrogens is 246 g/mol. The minimum atomic E-state index is -0.575. The van der Waals surface area contributed by atoms with Gasteiger partial charge < -0.3 is 21.3 Å². The van der Waals surface area contributed by atoms with E-state index in [1.807, 2.05) is 4.90 Å². The number of aromatic nitrogens is 1. The number of nitrogens with two attached hydrogens (primary N) is 1. The van der Waals surface area contributed by atoms with Crippen molar-refractivity contribution in [3.05, 3.63) is 24.0 Å². The van der Waals surface area contributed by atoms with Gasteiger partial charge in [-0.25, -0.2) is 0 Å². The van der Waals surface area contributed by atoms with Crippen molar-refractivity contribution in [2.24, 2.45) is 5.73 Å². The van der Waals surface area contributed by atoms with E-state index in [0.717, 1.165) is 12.2 Å². The standard InChI is InChI=1S/C12H17N5O2/c1-14-12(19)10-7-15-4-5-17(10)8-2-3-16-9(6-8)11(13)18/h2-3,6,10,15H,4-5,7H2,1H3,(H2,13,18)(H,14,19). The van der Waals surface area contributed by atoms with Gasteiger partial charge in [0.05, 0.1) is 0 Å². The molecule has 1 saturated heterocycles. The number of primary amides is 1. The molecule has 1 fully saturated rings. The summed E-state index contributed by atoms with van der Waals surface area (Å²) in [6, 6.07) is 3.08. The van der Waals surface area contributed by atoms with E-state index in [2.05, 4.69) is 15.6 Å². The van der Waals surface area contributed by atoms with E-state index in [-0.39, 0.29) is 17.6 Å². The van der Waals surface area contributed by atoms with Gasteiger partial charge in [0.2, 0.25) is 5.91 Å². The summed E-state index contributed by atoms with van der Waals surface area (Å²) in [5, 5.41) is 5.82. The summed E-state index contributed by atoms with van der Waals surface area (Å²) in [7, 11) is 1.61. The minimum Gasteiger partial charge on any atom is -0.364 e. The van der Waals surface area contributed by atoms with Crippen molar-refractivity contribution in [1.82, 2.24) is 15.6 Å². The number of nitrogens with one attached hydrogen (secondary N) is 2. The smallest absolute Gasteiger partial charge is 0.267 e. The second kappa shape index (κ2) is 5.66. The van der Waals surface area contributed by atoms with Crippen LogP contribution in [0.5, 0.6) is 0 Å². The van der Waals surface area contributed by atoms with E-state index in [1.165, 1.54) is 6.20 Å². The first-order chi connectivity index (χ1) is 9.13. The Morgan fingerprint density at radius 3 is 3.05 bits per heavy atom. The Morgan fingerprint density at radius 2 is 2.37 bits per heavy atom. The predicted molar refractivity (Wildman–Crippen MR) is 70.8 cm³/mol. The van der Waals surface area contributed by atoms with Crippen LogP contribution in [-0.2, 0) is 4.79 Å². The maximum absolute atomic E-state index is 11.9. The van der Waals surface area contributed by atoms with Gasteiger partial charge >= 0.3 is 0 Å². The van der Waals surface area contributed by atoms with E-state index < -0.39 is 5.91 Å². The molecule has 19 heavy (non-hydrogen) atoms. The van der Waals surface area contributed by atoms with Crippen LogP contribution in [0.15, 0.2) is 18.3 Å². The summed E-state index contributed by atoms with van der Waals surface area (Å²) in [5.41, 5.74) is 6.20. The third-order valence-electron chi connectivity index (χ3n) is 3.12. The lowest BCUT2D eigenvalue weighted by Gasteiger charge is -2.36. The van der Waals surface area contributed by atoms with Gasteiger partial charge in [0.15, 0.2) is 0 Å². The zero-order valence-corrected chi connectivity index (χ0v) is 10.7. The average molecular weight is 263 g/mol. The van der Waals surface area contributed by atoms with Crippen LogP contribution >= 0.6 is 0 Å². The lowest BCUT2D eigenvalue weighted by molar-refractivity contribution is -0.122. The first-order valence-corrected chi connectivity index (χ1v) is 6.08. The number of carbonyl (C=O) groups excluding carboxylic acids is 2. The Kier molecular flexibility index (Phi) is 3.96. The van der Waals surface area contributed by atoms with Gasteiger partial charge in [-0.3, -0.25) is 14.6 Å². The Balaban J connectivity index is 2.29. The molecule has 0 aliphatic carbocycles. The van der Waals surface area contributed by atoms with Crippen molar-refractivity contribution in [3.63, 3.8) is 0 Å². The number of amides is 2. The van der Waals surface area contributed by atoms with Crippen molar-refractivity contribution < 1.29 is 9.59 Å². The minimum absolute atomic E-state index is 0.0652. The predicted octanol–water partition coefficient (Wildman–Crippen LogP) is -1.30. The Bertz CT molecular complexity index is 491. The molecule has 0 saturated carbocycles. The van der Waals surface area contributed by atoms with E-state index in [0.29, 0.717) is 13.1 Å². The maximum atomic E-state index is 11.9. The summed E-state index contributed by atoms with van der Waals surface area (Å²) in [5.74, 6) is -0.641. The van der Waals surface area contributed by atoms with Crippen LogP contribution < -0.4 is 21.3 Å². The van der Waals surface area contributed by atoms with Gasteiger partial charge in [0.1, 0.15) is 11.7 Å². The van der Waals surface area contributed by atoms with Gasteiger partial charge in [-0.2, -0.15) is 0 Å². The average Bonchev–Trinajstić information content (AvgIpc) is 2.46. The number of likely N-dealkylation sites (N-methyl/N-ethyl adjacent to an activating group) is 1. The highest BCUT2D eigenvalue weighted by molar-refractivity contribution is 5.92. The molecule has 2 heterocycles. The summed E-state index contributed by atoms with van der Waals surface area (Å²) in [4.78, 5) is 28.9. The molecule has 2 rings (SSSR count). The monoisotopic (exact) mass is 263 g/mol. The number of carbonyl (C=O) groups is 2. The number of piperazine rings is 1. The summed E-state index contributed by atoms with van der Waals surface area (Å²) in [6.45, 7) is 2.02. The SMILES string of the molecule is CNC(=O)C1CNCCN1c1ccnc(C(N)=O)c1. The highest BCUT2D eigenvalue weighted by atomic mass is 16.2. The number of pyridine rings is 1. The molecule has 7 nitrogen and oxygen atoms in total. The fourth-order valence-electron chi connectivity index (χ4n) is 2.15. The zero-order valence-electron chi connectivity index (χ0n) is 10.7. The third-order valence-corrected chi connectivity index (χ3v) is 3.12. The fourth-order valence-corrected chi connectivity index (χ4v) is 2.15. The summed E-state index contributed by atoms with van der Waals surface area (Å²) >= 11 is 0. The molecule has 1 aromatic heterocycles. The van der Waals surface area contributed by atoms with Crippen molar-refractivity contribution in [3.8, 4) is 0 Å². The largest absolute Gasteiger partial charge is 0.364 e. The second-order valence-corrected chi connectivity index (χ2v) is 4.29. The van der Waals surface area contributed by atoms with E-state index >= 15 is 0 Å². The molecule has 1 aliphatic heterocycles. The van der Waals surface area contributed by atoms with Gasteiger partial charge in [0.25, 0.3) is 5.91 Å². The quantitative estimate of drug-likeness (QED) is 0.629. The molecular formula is C12H17N5O2. The lowest BCUT2D eigenvalue weighted by atomic mass is 10.1. The summed E-state index contributed by atoms with van der Waals surface area (Å²) < 4.78 is 0. The van der Waals surface area contributed by atoms with E-state index in [1.54, 1.807) is 19.2 Å². The zero-order chi connectivity index (χ0) is 13.8. The summed E-state index contributed by atoms with van der Waals surface area (Å²) in [6.07, 6.45) is 1.53. The van der Waals surface area contributed by atoms with Crippen LogP contribution in [-0.4, -0.2) is 49.5 Å². The van der Waals surface area contributed by atoms with Crippen LogP contribution in [0, 0.1) is 0 Å². The second-order valence-electron chi connectivity index (χ2n) is 4.29. The normalized spacial score (nSPS) is 19.0. The molecule has 0 bridgehead atoms. The molecule has 7 heteroatoms. The fraction of sp³-hybridized carbons (Fsp3) is 0.417. The van der Waals surface area contributed by atoms with E-state index in [9.17, 15) is 9.59 Å². The topological polar surface area (TPSA) is 100 Å². The van der Waals surface area contributed by atoms with Gasteiger partial charge in [0, 0.05) is 38.6 Å². The van der Waals surface area contributed by atoms with Crippen molar-refractivity contribution >= 4 is 17.5 Å². The molecule has 0 radical (unpaired) electrons. The van der Waals surface area contributed by atoms with Crippen LogP contribution in [0.1, 0.15) is 10.5 Å². The van der Waals surface area contributed by atoms with Crippen LogP contribution in [0.4, 0.5) is 5.69 Å². The molecule has 4 N–H and O–H groups in total. The molecule has 1 aliphatic rings. The third kappa shape index (κ3) is 2.82. The Morgan fingerprint density at radius 1 is 1.58 bits per heavy atom. The van der Waals surface area contributed by atoms with E-state index in [4.69, 9.17) is 5.73 Å². The molecule has 1 aromatic rings. The molecule has 1 unspecified atom stereocenters. The maximum Gasteiger partial charge on any atom is 0.267 e. The molecule has 2 amide bonds. The lowest BCUT2D eigenvalue weighted by Crippen LogP contribution is -2.57. The Labute approximate surface area is 111 Å². The molecule has 0 aromatic carbocycles. The highest BCUT2D eigenvalue weighted by Gasteiger charge is 2.28. The van der Waals surface area contributed by atoms with Gasteiger partial charge in [-0.1, -0.05) is 0 Å². The highest BCUT2D eigenvalue weighted by Crippen LogP contribution is 2.18. The van der Waals surface area contributed by atoms with Crippen LogP contribution in [0.2, 0.25) is 0 Å². The Hall–Kier alpha value is -2.15. The van der Waals surface area contributed by atoms with Gasteiger partial charge in [-0.15, -0.1) is 0 Å². The number of hydrogen-bond donors (Lipinski definition) is 3. The van der Waals surface area contributed by atoms with Crippen molar-refractivity contribution in [2.45, 2.75) is 6.04 Å².